The Kier molecular flexibility index (Phi) is 5.34. The van der Waals surface area contributed by atoms with Crippen LogP contribution in [0.1, 0.15) is 5.56 Å². The zero-order valence-electron chi connectivity index (χ0n) is 9.00. The number of ether oxygens (including phenoxy) is 2. The van der Waals surface area contributed by atoms with E-state index in [0.717, 1.165) is 0 Å². The van der Waals surface area contributed by atoms with Crippen molar-refractivity contribution in [2.45, 2.75) is 0 Å². The standard InChI is InChI=1S/C12H13FO3/c1-15-7-8-16-12-5-4-11(13)9-10(12)3-2-6-14/h4-5,9,14H,6-8H2,1H3. The van der Waals surface area contributed by atoms with Gasteiger partial charge in [-0.3, -0.25) is 0 Å². The molecule has 1 aromatic carbocycles. The van der Waals surface area contributed by atoms with Crippen LogP contribution in [0.25, 0.3) is 0 Å². The molecule has 0 aliphatic heterocycles. The smallest absolute Gasteiger partial charge is 0.135 e. The third-order valence-corrected chi connectivity index (χ3v) is 1.79. The summed E-state index contributed by atoms with van der Waals surface area (Å²) in [5, 5.41) is 8.57. The van der Waals surface area contributed by atoms with Crippen LogP contribution >= 0.6 is 0 Å². The highest BCUT2D eigenvalue weighted by Crippen LogP contribution is 2.18. The molecule has 0 aliphatic rings. The molecular weight excluding hydrogens is 211 g/mol. The number of methoxy groups -OCH3 is 1. The van der Waals surface area contributed by atoms with Gasteiger partial charge in [0.2, 0.25) is 0 Å². The first kappa shape index (κ1) is 12.5. The highest BCUT2D eigenvalue weighted by Gasteiger charge is 2.02. The molecule has 0 saturated heterocycles. The van der Waals surface area contributed by atoms with Gasteiger partial charge in [-0.2, -0.15) is 0 Å². The molecule has 1 rings (SSSR count). The SMILES string of the molecule is COCCOc1ccc(F)cc1C#CCO. The van der Waals surface area contributed by atoms with Gasteiger partial charge < -0.3 is 14.6 Å². The Morgan fingerprint density at radius 3 is 2.88 bits per heavy atom. The summed E-state index contributed by atoms with van der Waals surface area (Å²) >= 11 is 0. The lowest BCUT2D eigenvalue weighted by molar-refractivity contribution is 0.146. The van der Waals surface area contributed by atoms with E-state index in [0.29, 0.717) is 24.5 Å². The van der Waals surface area contributed by atoms with Crippen molar-refractivity contribution in [1.82, 2.24) is 0 Å². The Labute approximate surface area is 93.8 Å². The molecule has 16 heavy (non-hydrogen) atoms. The van der Waals surface area contributed by atoms with Gasteiger partial charge in [0.25, 0.3) is 0 Å². The molecule has 0 unspecified atom stereocenters. The van der Waals surface area contributed by atoms with E-state index >= 15 is 0 Å². The van der Waals surface area contributed by atoms with Crippen LogP contribution in [0.2, 0.25) is 0 Å². The Balaban J connectivity index is 2.80. The summed E-state index contributed by atoms with van der Waals surface area (Å²) in [5.74, 6) is 5.17. The number of halogens is 1. The average molecular weight is 224 g/mol. The fraction of sp³-hybridized carbons (Fsp3) is 0.333. The van der Waals surface area contributed by atoms with Crippen molar-refractivity contribution in [1.29, 1.82) is 0 Å². The van der Waals surface area contributed by atoms with Crippen molar-refractivity contribution in [2.24, 2.45) is 0 Å². The molecule has 0 spiro atoms. The van der Waals surface area contributed by atoms with Gasteiger partial charge >= 0.3 is 0 Å². The van der Waals surface area contributed by atoms with E-state index in [1.54, 1.807) is 7.11 Å². The molecule has 0 heterocycles. The molecule has 1 aromatic rings. The zero-order valence-corrected chi connectivity index (χ0v) is 9.00. The van der Waals surface area contributed by atoms with E-state index in [1.165, 1.54) is 18.2 Å². The molecule has 0 aliphatic carbocycles. The van der Waals surface area contributed by atoms with Gasteiger partial charge in [0.1, 0.15) is 24.8 Å². The highest BCUT2D eigenvalue weighted by atomic mass is 19.1. The van der Waals surface area contributed by atoms with Crippen LogP contribution < -0.4 is 4.74 Å². The minimum absolute atomic E-state index is 0.270. The van der Waals surface area contributed by atoms with Gasteiger partial charge in [0.05, 0.1) is 12.2 Å². The van der Waals surface area contributed by atoms with Crippen molar-refractivity contribution in [3.63, 3.8) is 0 Å². The van der Waals surface area contributed by atoms with Crippen molar-refractivity contribution < 1.29 is 19.0 Å². The summed E-state index contributed by atoms with van der Waals surface area (Å²) in [6, 6.07) is 4.07. The van der Waals surface area contributed by atoms with Crippen LogP contribution in [-0.4, -0.2) is 32.0 Å². The lowest BCUT2D eigenvalue weighted by Crippen LogP contribution is -2.05. The third-order valence-electron chi connectivity index (χ3n) is 1.79. The lowest BCUT2D eigenvalue weighted by atomic mass is 10.2. The van der Waals surface area contributed by atoms with Gasteiger partial charge in [-0.25, -0.2) is 4.39 Å². The quantitative estimate of drug-likeness (QED) is 0.617. The molecule has 0 aromatic heterocycles. The predicted octanol–water partition coefficient (Wildman–Crippen LogP) is 1.19. The van der Waals surface area contributed by atoms with E-state index < -0.39 is 0 Å². The average Bonchev–Trinajstić information content (AvgIpc) is 2.29. The number of hydrogen-bond acceptors (Lipinski definition) is 3. The first-order chi connectivity index (χ1) is 7.77. The maximum Gasteiger partial charge on any atom is 0.135 e. The van der Waals surface area contributed by atoms with Crippen LogP contribution in [0, 0.1) is 17.7 Å². The Bertz CT molecular complexity index is 393. The van der Waals surface area contributed by atoms with Crippen molar-refractivity contribution in [3.05, 3.63) is 29.6 Å². The largest absolute Gasteiger partial charge is 0.490 e. The first-order valence-electron chi connectivity index (χ1n) is 4.79. The first-order valence-corrected chi connectivity index (χ1v) is 4.79. The van der Waals surface area contributed by atoms with Gasteiger partial charge in [-0.1, -0.05) is 11.8 Å². The molecule has 86 valence electrons. The molecule has 0 amide bonds. The zero-order chi connectivity index (χ0) is 11.8. The van der Waals surface area contributed by atoms with E-state index in [9.17, 15) is 4.39 Å². The van der Waals surface area contributed by atoms with Gasteiger partial charge in [0.15, 0.2) is 0 Å². The minimum atomic E-state index is -0.388. The second-order valence-corrected chi connectivity index (χ2v) is 2.94. The molecular formula is C12H13FO3. The summed E-state index contributed by atoms with van der Waals surface area (Å²) in [7, 11) is 1.57. The van der Waals surface area contributed by atoms with Gasteiger partial charge in [0, 0.05) is 7.11 Å². The van der Waals surface area contributed by atoms with Crippen LogP contribution in [0.4, 0.5) is 4.39 Å². The van der Waals surface area contributed by atoms with Crippen LogP contribution in [0.5, 0.6) is 5.75 Å². The molecule has 1 N–H and O–H groups in total. The lowest BCUT2D eigenvalue weighted by Gasteiger charge is -2.07. The predicted molar refractivity (Wildman–Crippen MR) is 57.7 cm³/mol. The summed E-state index contributed by atoms with van der Waals surface area (Å²) in [6.07, 6.45) is 0. The van der Waals surface area contributed by atoms with Crippen molar-refractivity contribution >= 4 is 0 Å². The topological polar surface area (TPSA) is 38.7 Å². The van der Waals surface area contributed by atoms with Crippen molar-refractivity contribution in [3.8, 4) is 17.6 Å². The molecule has 0 atom stereocenters. The number of aliphatic hydroxyl groups is 1. The van der Waals surface area contributed by atoms with Crippen LogP contribution in [0.3, 0.4) is 0 Å². The fourth-order valence-electron chi connectivity index (χ4n) is 1.10. The summed E-state index contributed by atoms with van der Waals surface area (Å²) in [5.41, 5.74) is 0.421. The highest BCUT2D eigenvalue weighted by molar-refractivity contribution is 5.46. The molecule has 0 fully saturated rings. The number of rotatable bonds is 4. The summed E-state index contributed by atoms with van der Waals surface area (Å²) in [6.45, 7) is 0.550. The molecule has 3 nitrogen and oxygen atoms in total. The number of hydrogen-bond donors (Lipinski definition) is 1. The van der Waals surface area contributed by atoms with Gasteiger partial charge in [-0.15, -0.1) is 0 Å². The van der Waals surface area contributed by atoms with Gasteiger partial charge in [-0.05, 0) is 18.2 Å². The monoisotopic (exact) mass is 224 g/mol. The minimum Gasteiger partial charge on any atom is -0.490 e. The Morgan fingerprint density at radius 2 is 2.19 bits per heavy atom. The third kappa shape index (κ3) is 3.89. The molecule has 0 radical (unpaired) electrons. The molecule has 4 heteroatoms. The van der Waals surface area contributed by atoms with E-state index in [2.05, 4.69) is 11.8 Å². The summed E-state index contributed by atoms with van der Waals surface area (Å²) in [4.78, 5) is 0. The van der Waals surface area contributed by atoms with Crippen LogP contribution in [-0.2, 0) is 4.74 Å². The normalized spacial score (nSPS) is 9.44. The maximum absolute atomic E-state index is 13.0. The molecule has 0 saturated carbocycles. The van der Waals surface area contributed by atoms with Crippen molar-refractivity contribution in [2.75, 3.05) is 26.9 Å². The number of aliphatic hydroxyl groups excluding tert-OH is 1. The van der Waals surface area contributed by atoms with E-state index in [1.807, 2.05) is 0 Å². The Hall–Kier alpha value is -1.57. The summed E-state index contributed by atoms with van der Waals surface area (Å²) < 4.78 is 23.1. The van der Waals surface area contributed by atoms with E-state index in [-0.39, 0.29) is 12.4 Å². The van der Waals surface area contributed by atoms with Crippen LogP contribution in [0.15, 0.2) is 18.2 Å². The second kappa shape index (κ2) is 6.83. The maximum atomic E-state index is 13.0. The van der Waals surface area contributed by atoms with E-state index in [4.69, 9.17) is 14.6 Å². The molecule has 0 bridgehead atoms. The second-order valence-electron chi connectivity index (χ2n) is 2.94. The number of benzene rings is 1. The fourth-order valence-corrected chi connectivity index (χ4v) is 1.10. The Morgan fingerprint density at radius 1 is 1.38 bits per heavy atom.